The van der Waals surface area contributed by atoms with Crippen LogP contribution in [0.15, 0.2) is 218 Å². The molecule has 0 fully saturated rings. The van der Waals surface area contributed by atoms with Gasteiger partial charge >= 0.3 is 13.7 Å². The lowest BCUT2D eigenvalue weighted by atomic mass is 9.50. The molecule has 11 rings (SSSR count). The van der Waals surface area contributed by atoms with Crippen molar-refractivity contribution in [2.24, 2.45) is 0 Å². The Labute approximate surface area is 408 Å². The Morgan fingerprint density at radius 3 is 1.44 bits per heavy atom. The Kier molecular flexibility index (Phi) is 11.6. The van der Waals surface area contributed by atoms with Crippen molar-refractivity contribution < 1.29 is 0 Å². The van der Waals surface area contributed by atoms with Gasteiger partial charge in [0.25, 0.3) is 0 Å². The topological polar surface area (TPSA) is 63.8 Å². The highest BCUT2D eigenvalue weighted by molar-refractivity contribution is 6.85. The van der Waals surface area contributed by atoms with Crippen molar-refractivity contribution in [2.45, 2.75) is 26.7 Å². The van der Waals surface area contributed by atoms with Crippen molar-refractivity contribution in [1.29, 1.82) is 5.26 Å². The molecule has 0 aliphatic rings. The van der Waals surface area contributed by atoms with Gasteiger partial charge in [-0.25, -0.2) is 9.83 Å². The van der Waals surface area contributed by atoms with Crippen molar-refractivity contribution in [3.05, 3.63) is 263 Å². The zero-order chi connectivity index (χ0) is 47.7. The third-order valence-electron chi connectivity index (χ3n) is 13.5. The quantitative estimate of drug-likeness (QED) is 0.102. The fraction of sp³-hybridized carbons (Fsp3) is 0.0645. The number of hydrogen-bond acceptors (Lipinski definition) is 3. The molecule has 7 aromatic carbocycles. The molecule has 4 aromatic heterocycles. The Balaban J connectivity index is 1.50. The highest BCUT2D eigenvalue weighted by atomic mass is 15.0. The molecule has 0 aliphatic heterocycles. The molecule has 11 aromatic rings. The fourth-order valence-corrected chi connectivity index (χ4v) is 10.5. The summed E-state index contributed by atoms with van der Waals surface area (Å²) in [4.78, 5) is 15.2. The molecule has 6 nitrogen and oxygen atoms in total. The van der Waals surface area contributed by atoms with Crippen molar-refractivity contribution in [1.82, 2.24) is 18.9 Å². The second kappa shape index (κ2) is 18.6. The van der Waals surface area contributed by atoms with Gasteiger partial charge in [-0.3, -0.25) is 4.98 Å². The second-order valence-electron chi connectivity index (χ2n) is 18.1. The second-order valence-corrected chi connectivity index (χ2v) is 18.1. The van der Waals surface area contributed by atoms with Crippen LogP contribution in [0.25, 0.3) is 60.0 Å². The average Bonchev–Trinajstić information content (AvgIpc) is 3.90. The molecule has 4 heterocycles. The van der Waals surface area contributed by atoms with E-state index in [4.69, 9.17) is 9.97 Å². The Bertz CT molecular complexity index is 3780. The van der Waals surface area contributed by atoms with Crippen LogP contribution < -0.4 is 32.5 Å². The summed E-state index contributed by atoms with van der Waals surface area (Å²) in [6, 6.07) is 77.8. The molecule has 0 atom stereocenters. The number of nitriles is 1. The van der Waals surface area contributed by atoms with E-state index >= 15 is 0 Å². The number of pyridine rings is 2. The monoisotopic (exact) mass is 896 g/mol. The lowest BCUT2D eigenvalue weighted by molar-refractivity contribution is 0.809. The maximum absolute atomic E-state index is 12.0. The van der Waals surface area contributed by atoms with E-state index in [0.717, 1.165) is 87.6 Å². The first kappa shape index (κ1) is 43.6. The molecule has 0 saturated carbocycles. The van der Waals surface area contributed by atoms with E-state index in [1.807, 2.05) is 72.8 Å². The van der Waals surface area contributed by atoms with Crippen LogP contribution in [0.4, 0.5) is 0 Å². The summed E-state index contributed by atoms with van der Waals surface area (Å²) in [5.74, 6) is -0.126. The highest BCUT2D eigenvalue weighted by Crippen LogP contribution is 2.36. The first-order chi connectivity index (χ1) is 34.4. The zero-order valence-electron chi connectivity index (χ0n) is 39.2. The van der Waals surface area contributed by atoms with Gasteiger partial charge in [0.05, 0.1) is 34.3 Å². The molecule has 0 bridgehead atoms. The summed E-state index contributed by atoms with van der Waals surface area (Å²) in [5.41, 5.74) is 11.7. The van der Waals surface area contributed by atoms with Gasteiger partial charge in [-0.2, -0.15) is 5.26 Å². The van der Waals surface area contributed by atoms with Crippen LogP contribution in [0, 0.1) is 24.8 Å². The number of aromatic nitrogens is 4. The van der Waals surface area contributed by atoms with Crippen LogP contribution in [0.3, 0.4) is 0 Å². The summed E-state index contributed by atoms with van der Waals surface area (Å²) in [7, 11) is 0. The summed E-state index contributed by atoms with van der Waals surface area (Å²) in [6.45, 7) is 15.2. The summed E-state index contributed by atoms with van der Waals surface area (Å²) in [6.07, 6.45) is 0. The predicted molar refractivity (Wildman–Crippen MR) is 291 cm³/mol. The fourth-order valence-electron chi connectivity index (χ4n) is 10.5. The molecule has 0 unspecified atom stereocenters. The Morgan fingerprint density at radius 1 is 0.514 bits per heavy atom. The molecule has 0 spiro atoms. The molecule has 0 aliphatic carbocycles. The van der Waals surface area contributed by atoms with Gasteiger partial charge in [-0.05, 0) is 42.7 Å². The molecular formula is C62H46B2N6. The van der Waals surface area contributed by atoms with Gasteiger partial charge in [0, 0.05) is 43.8 Å². The van der Waals surface area contributed by atoms with Crippen LogP contribution in [0.5, 0.6) is 0 Å². The van der Waals surface area contributed by atoms with Crippen LogP contribution in [0.1, 0.15) is 42.4 Å². The third-order valence-corrected chi connectivity index (χ3v) is 13.5. The predicted octanol–water partition coefficient (Wildman–Crippen LogP) is 9.74. The molecule has 0 radical (unpaired) electrons. The van der Waals surface area contributed by atoms with Gasteiger partial charge in [0.1, 0.15) is 11.6 Å². The van der Waals surface area contributed by atoms with E-state index in [2.05, 4.69) is 186 Å². The Morgan fingerprint density at radius 2 is 0.957 bits per heavy atom. The lowest BCUT2D eigenvalue weighted by Gasteiger charge is -2.25. The molecule has 330 valence electrons. The normalized spacial score (nSPS) is 12.2. The van der Waals surface area contributed by atoms with Gasteiger partial charge in [0.2, 0.25) is 5.70 Å². The van der Waals surface area contributed by atoms with Gasteiger partial charge in [-0.1, -0.05) is 230 Å². The largest absolute Gasteiger partial charge is 0.384 e. The SMILES string of the molecule is [C-]#[N+]/C(c1ccc2ccccc2n1)=c1\c2c(C(C)C)n(B(c3ccccc3)c3ccccc3)/c(=C(/C#N)c3ccc4ccccc4n3)c2c(-c2ccccc2C)n1B(c1ccccc1)c1ccccc1. The lowest BCUT2D eigenvalue weighted by Crippen LogP contribution is -2.54. The number of aryl methyl sites for hydroxylation is 1. The molecule has 8 heteroatoms. The number of rotatable bonds is 10. The maximum Gasteiger partial charge on any atom is 0.327 e. The number of fused-ring (bicyclic) bond motifs is 3. The van der Waals surface area contributed by atoms with E-state index in [1.165, 1.54) is 0 Å². The number of para-hydroxylation sites is 2. The van der Waals surface area contributed by atoms with Crippen LogP contribution in [-0.2, 0) is 0 Å². The minimum atomic E-state index is -0.429. The smallest absolute Gasteiger partial charge is 0.327 e. The molecule has 0 N–H and O–H groups in total. The van der Waals surface area contributed by atoms with E-state index < -0.39 is 13.7 Å². The molecule has 0 amide bonds. The van der Waals surface area contributed by atoms with Gasteiger partial charge in [0.15, 0.2) is 0 Å². The van der Waals surface area contributed by atoms with Gasteiger partial charge < -0.3 is 8.96 Å². The summed E-state index contributed by atoms with van der Waals surface area (Å²) >= 11 is 0. The molecule has 70 heavy (non-hydrogen) atoms. The standard InChI is InChI=1S/C62H46B2N6/c1-42(2)59-56-57(61(51(41-65)54-39-37-44-24-18-21-35-52(44)67-54)69(59)63(46-26-9-5-10-27-46)47-28-11-6-12-29-47)60(50-34-20-17-23-43(50)3)70(64(48-30-13-7-14-31-48)49-32-15-8-16-33-49)62(56)58(66-4)55-40-38-45-25-19-22-36-53(45)68-55/h5-40,42H,1-3H3/b61-51-,62-58+. The van der Waals surface area contributed by atoms with E-state index in [-0.39, 0.29) is 5.92 Å². The first-order valence-electron chi connectivity index (χ1n) is 23.8. The first-order valence-corrected chi connectivity index (χ1v) is 23.8. The number of benzene rings is 7. The average molecular weight is 897 g/mol. The van der Waals surface area contributed by atoms with Crippen LogP contribution in [-0.4, -0.2) is 32.6 Å². The zero-order valence-corrected chi connectivity index (χ0v) is 39.2. The van der Waals surface area contributed by atoms with Crippen molar-refractivity contribution in [2.75, 3.05) is 0 Å². The van der Waals surface area contributed by atoms with Crippen LogP contribution >= 0.6 is 0 Å². The molecular weight excluding hydrogens is 850 g/mol. The maximum atomic E-state index is 12.0. The Hall–Kier alpha value is -8.97. The van der Waals surface area contributed by atoms with Crippen molar-refractivity contribution >= 4 is 79.4 Å². The van der Waals surface area contributed by atoms with Crippen LogP contribution in [0.2, 0.25) is 0 Å². The number of nitrogens with zero attached hydrogens (tertiary/aromatic N) is 6. The van der Waals surface area contributed by atoms with Crippen molar-refractivity contribution in [3.63, 3.8) is 0 Å². The molecule has 0 saturated heterocycles. The minimum absolute atomic E-state index is 0.126. The number of hydrogen-bond donors (Lipinski definition) is 0. The van der Waals surface area contributed by atoms with E-state index in [0.29, 0.717) is 22.7 Å². The van der Waals surface area contributed by atoms with E-state index in [9.17, 15) is 11.8 Å². The summed E-state index contributed by atoms with van der Waals surface area (Å²) < 4.78 is 4.82. The summed E-state index contributed by atoms with van der Waals surface area (Å²) in [5, 5.41) is 17.2. The minimum Gasteiger partial charge on any atom is -0.384 e. The van der Waals surface area contributed by atoms with Gasteiger partial charge in [-0.15, -0.1) is 0 Å². The highest BCUT2D eigenvalue weighted by Gasteiger charge is 2.37. The van der Waals surface area contributed by atoms with Crippen molar-refractivity contribution in [3.8, 4) is 17.3 Å². The third kappa shape index (κ3) is 7.57. The van der Waals surface area contributed by atoms with E-state index in [1.54, 1.807) is 0 Å².